The summed E-state index contributed by atoms with van der Waals surface area (Å²) in [6, 6.07) is 1.72. The Morgan fingerprint density at radius 1 is 1.38 bits per heavy atom. The highest BCUT2D eigenvalue weighted by molar-refractivity contribution is 9.10. The molecule has 4 rings (SSSR count). The van der Waals surface area contributed by atoms with Crippen molar-refractivity contribution < 1.29 is 19.4 Å². The molecule has 24 heavy (non-hydrogen) atoms. The van der Waals surface area contributed by atoms with Gasteiger partial charge in [-0.05, 0) is 18.6 Å². The third-order valence-corrected chi connectivity index (χ3v) is 6.34. The summed E-state index contributed by atoms with van der Waals surface area (Å²) >= 11 is 16.0. The van der Waals surface area contributed by atoms with Gasteiger partial charge >= 0.3 is 5.97 Å². The highest BCUT2D eigenvalue weighted by atomic mass is 79.9. The smallest absolute Gasteiger partial charge is 0.315 e. The number of H-pyrrole nitrogens is 1. The molecule has 1 unspecified atom stereocenters. The van der Waals surface area contributed by atoms with Crippen LogP contribution in [-0.2, 0) is 26.1 Å². The molecule has 5 nitrogen and oxygen atoms in total. The van der Waals surface area contributed by atoms with E-state index < -0.39 is 17.2 Å². The normalized spacial score (nSPS) is 25.3. The maximum atomic E-state index is 12.1. The number of carboxylic acid groups (broad SMARTS) is 1. The Bertz CT molecular complexity index is 875. The Hall–Kier alpha value is -0.790. The van der Waals surface area contributed by atoms with Crippen LogP contribution in [0.25, 0.3) is 10.9 Å². The first-order valence-electron chi connectivity index (χ1n) is 7.47. The van der Waals surface area contributed by atoms with E-state index in [4.69, 9.17) is 32.7 Å². The maximum absolute atomic E-state index is 12.1. The maximum Gasteiger partial charge on any atom is 0.315 e. The number of aromatic nitrogens is 1. The minimum absolute atomic E-state index is 0.234. The molecule has 0 amide bonds. The number of carboxylic acids is 1. The molecule has 128 valence electrons. The third kappa shape index (κ3) is 2.17. The zero-order chi connectivity index (χ0) is 17.3. The van der Waals surface area contributed by atoms with Crippen LogP contribution in [0.3, 0.4) is 0 Å². The fourth-order valence-corrected chi connectivity index (χ4v) is 5.02. The van der Waals surface area contributed by atoms with E-state index >= 15 is 0 Å². The first kappa shape index (κ1) is 16.7. The number of rotatable bonds is 1. The Morgan fingerprint density at radius 2 is 2.04 bits per heavy atom. The minimum atomic E-state index is -1.17. The average molecular weight is 435 g/mol. The van der Waals surface area contributed by atoms with Crippen LogP contribution < -0.4 is 0 Å². The molecule has 1 atom stereocenters. The Labute approximate surface area is 156 Å². The Balaban J connectivity index is 2.05. The van der Waals surface area contributed by atoms with Crippen molar-refractivity contribution >= 4 is 56.0 Å². The molecule has 8 heteroatoms. The summed E-state index contributed by atoms with van der Waals surface area (Å²) in [7, 11) is 0. The lowest BCUT2D eigenvalue weighted by molar-refractivity contribution is -0.185. The lowest BCUT2D eigenvalue weighted by Gasteiger charge is -2.40. The van der Waals surface area contributed by atoms with Crippen molar-refractivity contribution in [3.05, 3.63) is 31.8 Å². The highest BCUT2D eigenvalue weighted by Crippen LogP contribution is 2.50. The van der Waals surface area contributed by atoms with Crippen molar-refractivity contribution in [2.24, 2.45) is 0 Å². The van der Waals surface area contributed by atoms with Crippen LogP contribution in [0.2, 0.25) is 10.0 Å². The molecule has 1 aliphatic heterocycles. The van der Waals surface area contributed by atoms with Crippen LogP contribution in [0, 0.1) is 0 Å². The number of fused-ring (bicyclic) bond motifs is 3. The van der Waals surface area contributed by atoms with Gasteiger partial charge in [0.05, 0.1) is 28.8 Å². The molecule has 2 aliphatic rings. The lowest BCUT2D eigenvalue weighted by atomic mass is 9.71. The van der Waals surface area contributed by atoms with Crippen LogP contribution in [0.5, 0.6) is 0 Å². The van der Waals surface area contributed by atoms with Crippen molar-refractivity contribution in [3.63, 3.8) is 0 Å². The number of nitrogens with one attached hydrogen (secondary N) is 1. The standard InChI is InChI=1S/C16H14BrCl2NO4/c1-15(14(21)22)6-16(23-2-3-24-16)5-7-10-8(17)4-9(18)11(19)12(10)20-13(7)15/h4,20H,2-3,5-6H2,1H3,(H,21,22). The molecule has 1 aromatic heterocycles. The summed E-state index contributed by atoms with van der Waals surface area (Å²) in [5.41, 5.74) is 0.920. The number of benzene rings is 1. The second-order valence-corrected chi connectivity index (χ2v) is 8.12. The van der Waals surface area contributed by atoms with Gasteiger partial charge in [-0.15, -0.1) is 0 Å². The molecular formula is C16H14BrCl2NO4. The van der Waals surface area contributed by atoms with E-state index in [0.717, 1.165) is 15.4 Å². The molecule has 1 aliphatic carbocycles. The second-order valence-electron chi connectivity index (χ2n) is 6.48. The number of aliphatic carboxylic acids is 1. The van der Waals surface area contributed by atoms with Crippen molar-refractivity contribution in [3.8, 4) is 0 Å². The fourth-order valence-electron chi connectivity index (χ4n) is 3.82. The van der Waals surface area contributed by atoms with Gasteiger partial charge in [0.1, 0.15) is 5.41 Å². The number of halogens is 3. The number of ether oxygens (including phenoxy) is 2. The summed E-state index contributed by atoms with van der Waals surface area (Å²) in [5, 5.41) is 11.5. The van der Waals surface area contributed by atoms with Crippen LogP contribution >= 0.6 is 39.1 Å². The first-order valence-corrected chi connectivity index (χ1v) is 9.02. The molecule has 1 fully saturated rings. The molecular weight excluding hydrogens is 421 g/mol. The number of carbonyl (C=O) groups is 1. The predicted octanol–water partition coefficient (Wildman–Crippen LogP) is 4.27. The molecule has 2 aromatic rings. The molecule has 0 radical (unpaired) electrons. The molecule has 2 N–H and O–H groups in total. The highest BCUT2D eigenvalue weighted by Gasteiger charge is 2.54. The Morgan fingerprint density at radius 3 is 2.67 bits per heavy atom. The van der Waals surface area contributed by atoms with Crippen LogP contribution in [-0.4, -0.2) is 35.1 Å². The van der Waals surface area contributed by atoms with Gasteiger partial charge in [-0.3, -0.25) is 4.79 Å². The number of hydrogen-bond donors (Lipinski definition) is 2. The van der Waals surface area contributed by atoms with Gasteiger partial charge < -0.3 is 19.6 Å². The quantitative estimate of drug-likeness (QED) is 0.657. The van der Waals surface area contributed by atoms with E-state index in [9.17, 15) is 9.90 Å². The molecule has 0 saturated carbocycles. The molecule has 1 spiro atoms. The fraction of sp³-hybridized carbons (Fsp3) is 0.438. The van der Waals surface area contributed by atoms with Crippen molar-refractivity contribution in [1.82, 2.24) is 4.98 Å². The summed E-state index contributed by atoms with van der Waals surface area (Å²) in [5.74, 6) is -1.85. The first-order chi connectivity index (χ1) is 11.3. The summed E-state index contributed by atoms with van der Waals surface area (Å²) < 4.78 is 12.4. The molecule has 1 aromatic carbocycles. The largest absolute Gasteiger partial charge is 0.481 e. The summed E-state index contributed by atoms with van der Waals surface area (Å²) in [6.07, 6.45) is 0.694. The van der Waals surface area contributed by atoms with Gasteiger partial charge in [0.2, 0.25) is 0 Å². The van der Waals surface area contributed by atoms with Gasteiger partial charge in [0.25, 0.3) is 0 Å². The lowest BCUT2D eigenvalue weighted by Crippen LogP contribution is -2.49. The van der Waals surface area contributed by atoms with Gasteiger partial charge in [0, 0.05) is 28.4 Å². The molecule has 1 saturated heterocycles. The van der Waals surface area contributed by atoms with E-state index in [1.165, 1.54) is 0 Å². The van der Waals surface area contributed by atoms with E-state index in [1.807, 2.05) is 0 Å². The van der Waals surface area contributed by atoms with Crippen LogP contribution in [0.1, 0.15) is 24.6 Å². The van der Waals surface area contributed by atoms with Crippen molar-refractivity contribution in [2.45, 2.75) is 31.0 Å². The van der Waals surface area contributed by atoms with E-state index in [2.05, 4.69) is 20.9 Å². The van der Waals surface area contributed by atoms with Crippen molar-refractivity contribution in [2.75, 3.05) is 13.2 Å². The van der Waals surface area contributed by atoms with E-state index in [1.54, 1.807) is 13.0 Å². The Kier molecular flexibility index (Phi) is 3.72. The third-order valence-electron chi connectivity index (χ3n) is 4.93. The second kappa shape index (κ2) is 5.35. The predicted molar refractivity (Wildman–Crippen MR) is 94.0 cm³/mol. The van der Waals surface area contributed by atoms with Gasteiger partial charge in [-0.2, -0.15) is 0 Å². The summed E-state index contributed by atoms with van der Waals surface area (Å²) in [4.78, 5) is 15.3. The molecule has 0 bridgehead atoms. The zero-order valence-electron chi connectivity index (χ0n) is 12.7. The van der Waals surface area contributed by atoms with Gasteiger partial charge in [0.15, 0.2) is 5.79 Å². The number of hydrogen-bond acceptors (Lipinski definition) is 3. The number of aromatic amines is 1. The monoisotopic (exact) mass is 433 g/mol. The molecule has 2 heterocycles. The van der Waals surface area contributed by atoms with Crippen LogP contribution in [0.4, 0.5) is 0 Å². The van der Waals surface area contributed by atoms with E-state index in [0.29, 0.717) is 40.9 Å². The minimum Gasteiger partial charge on any atom is -0.481 e. The van der Waals surface area contributed by atoms with Gasteiger partial charge in [-0.25, -0.2) is 0 Å². The van der Waals surface area contributed by atoms with E-state index in [-0.39, 0.29) is 6.42 Å². The van der Waals surface area contributed by atoms with Crippen molar-refractivity contribution in [1.29, 1.82) is 0 Å². The summed E-state index contributed by atoms with van der Waals surface area (Å²) in [6.45, 7) is 2.60. The van der Waals surface area contributed by atoms with Crippen LogP contribution in [0.15, 0.2) is 10.5 Å². The van der Waals surface area contributed by atoms with Gasteiger partial charge in [-0.1, -0.05) is 39.1 Å². The average Bonchev–Trinajstić information content (AvgIpc) is 3.10. The topological polar surface area (TPSA) is 71.5 Å². The SMILES string of the molecule is CC1(C(=O)O)CC2(Cc3c1[nH]c1c(Cl)c(Cl)cc(Br)c31)OCCO2. The zero-order valence-corrected chi connectivity index (χ0v) is 15.8.